The van der Waals surface area contributed by atoms with Gasteiger partial charge in [0.25, 0.3) is 5.69 Å². The zero-order valence-corrected chi connectivity index (χ0v) is 16.1. The quantitative estimate of drug-likeness (QED) is 0.487. The molecule has 2 aromatic heterocycles. The highest BCUT2D eigenvalue weighted by molar-refractivity contribution is 5.91. The predicted molar refractivity (Wildman–Crippen MR) is 107 cm³/mol. The number of non-ortho nitro benzene ring substituents is 1. The molecule has 1 fully saturated rings. The van der Waals surface area contributed by atoms with E-state index in [4.69, 9.17) is 4.52 Å². The Hall–Kier alpha value is -3.66. The van der Waals surface area contributed by atoms with Crippen LogP contribution in [0.1, 0.15) is 18.7 Å². The molecular weight excluding hydrogens is 388 g/mol. The first-order valence-electron chi connectivity index (χ1n) is 9.60. The minimum Gasteiger partial charge on any atom is -0.338 e. The molecule has 0 saturated carbocycles. The van der Waals surface area contributed by atoms with Crippen LogP contribution in [0.2, 0.25) is 0 Å². The van der Waals surface area contributed by atoms with Gasteiger partial charge in [-0.05, 0) is 38.1 Å². The molecule has 1 N–H and O–H groups in total. The molecule has 1 aliphatic heterocycles. The van der Waals surface area contributed by atoms with Crippen molar-refractivity contribution in [3.8, 4) is 11.4 Å². The largest absolute Gasteiger partial charge is 0.338 e. The molecule has 10 heteroatoms. The number of nitro benzene ring substituents is 1. The minimum atomic E-state index is -0.460. The number of hydrogen-bond acceptors (Lipinski definition) is 8. The Balaban J connectivity index is 1.31. The number of nitro groups is 1. The van der Waals surface area contributed by atoms with E-state index < -0.39 is 4.92 Å². The Bertz CT molecular complexity index is 1030. The molecule has 1 aromatic carbocycles. The second-order valence-electron chi connectivity index (χ2n) is 7.07. The molecule has 0 atom stereocenters. The Morgan fingerprint density at radius 1 is 1.23 bits per heavy atom. The smallest absolute Gasteiger partial charge is 0.270 e. The van der Waals surface area contributed by atoms with Gasteiger partial charge in [0, 0.05) is 29.8 Å². The van der Waals surface area contributed by atoms with Crippen LogP contribution in [0, 0.1) is 16.0 Å². The summed E-state index contributed by atoms with van der Waals surface area (Å²) >= 11 is 0. The van der Waals surface area contributed by atoms with Gasteiger partial charge in [0.05, 0.1) is 11.5 Å². The summed E-state index contributed by atoms with van der Waals surface area (Å²) in [6.45, 7) is 1.93. The third-order valence-corrected chi connectivity index (χ3v) is 5.02. The summed E-state index contributed by atoms with van der Waals surface area (Å²) in [6.07, 6.45) is 3.10. The molecule has 0 aliphatic carbocycles. The van der Waals surface area contributed by atoms with E-state index in [9.17, 15) is 14.9 Å². The minimum absolute atomic E-state index is 0.0147. The maximum atomic E-state index is 12.4. The van der Waals surface area contributed by atoms with Crippen molar-refractivity contribution in [3.05, 3.63) is 64.7 Å². The van der Waals surface area contributed by atoms with Crippen molar-refractivity contribution in [2.75, 3.05) is 18.4 Å². The summed E-state index contributed by atoms with van der Waals surface area (Å²) in [5.41, 5.74) is 0.508. The summed E-state index contributed by atoms with van der Waals surface area (Å²) in [6, 6.07) is 11.5. The van der Waals surface area contributed by atoms with Crippen molar-refractivity contribution < 1.29 is 14.2 Å². The molecule has 154 valence electrons. The molecule has 30 heavy (non-hydrogen) atoms. The lowest BCUT2D eigenvalue weighted by Crippen LogP contribution is -2.37. The standard InChI is InChI=1S/C20H20N6O4/c27-20(22-17-6-1-2-9-21-17)14-7-10-25(11-8-14)13-18-23-19(24-30-18)15-4-3-5-16(12-15)26(28)29/h1-6,9,12,14H,7-8,10-11,13H2,(H,21,22,27). The number of amides is 1. The van der Waals surface area contributed by atoms with Crippen molar-refractivity contribution in [2.45, 2.75) is 19.4 Å². The number of hydrogen-bond donors (Lipinski definition) is 1. The number of likely N-dealkylation sites (tertiary alicyclic amines) is 1. The average molecular weight is 408 g/mol. The first kappa shape index (κ1) is 19.6. The van der Waals surface area contributed by atoms with Crippen molar-refractivity contribution >= 4 is 17.4 Å². The zero-order chi connectivity index (χ0) is 20.9. The second kappa shape index (κ2) is 8.78. The van der Waals surface area contributed by atoms with Crippen LogP contribution in [0.4, 0.5) is 11.5 Å². The molecule has 3 heterocycles. The van der Waals surface area contributed by atoms with Gasteiger partial charge in [-0.1, -0.05) is 23.4 Å². The fourth-order valence-electron chi connectivity index (χ4n) is 3.40. The van der Waals surface area contributed by atoms with E-state index in [0.29, 0.717) is 29.6 Å². The fourth-order valence-corrected chi connectivity index (χ4v) is 3.40. The number of nitrogens with one attached hydrogen (secondary N) is 1. The molecule has 0 unspecified atom stereocenters. The van der Waals surface area contributed by atoms with Crippen molar-refractivity contribution in [3.63, 3.8) is 0 Å². The van der Waals surface area contributed by atoms with Gasteiger partial charge in [0.1, 0.15) is 5.82 Å². The molecule has 0 bridgehead atoms. The van der Waals surface area contributed by atoms with Gasteiger partial charge in [-0.2, -0.15) is 4.98 Å². The van der Waals surface area contributed by atoms with Gasteiger partial charge in [0.15, 0.2) is 0 Å². The van der Waals surface area contributed by atoms with Crippen molar-refractivity contribution in [2.24, 2.45) is 5.92 Å². The average Bonchev–Trinajstić information content (AvgIpc) is 3.23. The number of benzene rings is 1. The predicted octanol–water partition coefficient (Wildman–Crippen LogP) is 2.89. The first-order valence-corrected chi connectivity index (χ1v) is 9.60. The fraction of sp³-hybridized carbons (Fsp3) is 0.300. The van der Waals surface area contributed by atoms with Crippen LogP contribution in [0.15, 0.2) is 53.2 Å². The van der Waals surface area contributed by atoms with Crippen LogP contribution in [0.5, 0.6) is 0 Å². The number of carbonyl (C=O) groups is 1. The topological polar surface area (TPSA) is 127 Å². The Labute approximate surface area is 172 Å². The number of nitrogens with zero attached hydrogens (tertiary/aromatic N) is 5. The Kier molecular flexibility index (Phi) is 5.75. The normalized spacial score (nSPS) is 15.1. The third-order valence-electron chi connectivity index (χ3n) is 5.02. The van der Waals surface area contributed by atoms with Crippen LogP contribution in [0.3, 0.4) is 0 Å². The molecular formula is C20H20N6O4. The van der Waals surface area contributed by atoms with Crippen LogP contribution in [-0.2, 0) is 11.3 Å². The number of anilines is 1. The third kappa shape index (κ3) is 4.66. The number of pyridine rings is 1. The molecule has 1 amide bonds. The number of piperidine rings is 1. The highest BCUT2D eigenvalue weighted by Crippen LogP contribution is 2.23. The van der Waals surface area contributed by atoms with E-state index in [1.54, 1.807) is 30.5 Å². The molecule has 3 aromatic rings. The Morgan fingerprint density at radius 3 is 2.80 bits per heavy atom. The van der Waals surface area contributed by atoms with E-state index in [1.165, 1.54) is 12.1 Å². The summed E-state index contributed by atoms with van der Waals surface area (Å²) in [5.74, 6) is 1.24. The molecule has 0 spiro atoms. The maximum Gasteiger partial charge on any atom is 0.270 e. The molecule has 10 nitrogen and oxygen atoms in total. The SMILES string of the molecule is O=C(Nc1ccccn1)C1CCN(Cc2nc(-c3cccc([N+](=O)[O-])c3)no2)CC1. The van der Waals surface area contributed by atoms with E-state index in [0.717, 1.165) is 25.9 Å². The van der Waals surface area contributed by atoms with Crippen molar-refractivity contribution in [1.29, 1.82) is 0 Å². The van der Waals surface area contributed by atoms with Crippen LogP contribution in [-0.4, -0.2) is 43.9 Å². The van der Waals surface area contributed by atoms with Crippen molar-refractivity contribution in [1.82, 2.24) is 20.0 Å². The molecule has 1 aliphatic rings. The first-order chi connectivity index (χ1) is 14.6. The summed E-state index contributed by atoms with van der Waals surface area (Å²) in [4.78, 5) is 33.5. The number of aromatic nitrogens is 3. The van der Waals surface area contributed by atoms with Crippen LogP contribution in [0.25, 0.3) is 11.4 Å². The van der Waals surface area contributed by atoms with E-state index in [-0.39, 0.29) is 17.5 Å². The molecule has 0 radical (unpaired) electrons. The number of carbonyl (C=O) groups excluding carboxylic acids is 1. The van der Waals surface area contributed by atoms with Gasteiger partial charge in [-0.15, -0.1) is 0 Å². The van der Waals surface area contributed by atoms with Gasteiger partial charge in [-0.3, -0.25) is 19.8 Å². The van der Waals surface area contributed by atoms with E-state index >= 15 is 0 Å². The summed E-state index contributed by atoms with van der Waals surface area (Å²) in [7, 11) is 0. The summed E-state index contributed by atoms with van der Waals surface area (Å²) in [5, 5.41) is 17.7. The maximum absolute atomic E-state index is 12.4. The summed E-state index contributed by atoms with van der Waals surface area (Å²) < 4.78 is 5.32. The lowest BCUT2D eigenvalue weighted by Gasteiger charge is -2.30. The lowest BCUT2D eigenvalue weighted by molar-refractivity contribution is -0.384. The second-order valence-corrected chi connectivity index (χ2v) is 7.07. The monoisotopic (exact) mass is 408 g/mol. The molecule has 4 rings (SSSR count). The lowest BCUT2D eigenvalue weighted by atomic mass is 9.96. The van der Waals surface area contributed by atoms with Crippen LogP contribution >= 0.6 is 0 Å². The van der Waals surface area contributed by atoms with Gasteiger partial charge >= 0.3 is 0 Å². The van der Waals surface area contributed by atoms with E-state index in [1.807, 2.05) is 6.07 Å². The Morgan fingerprint density at radius 2 is 2.07 bits per heavy atom. The highest BCUT2D eigenvalue weighted by Gasteiger charge is 2.26. The van der Waals surface area contributed by atoms with Gasteiger partial charge in [0.2, 0.25) is 17.6 Å². The highest BCUT2D eigenvalue weighted by atomic mass is 16.6. The van der Waals surface area contributed by atoms with Gasteiger partial charge < -0.3 is 9.84 Å². The van der Waals surface area contributed by atoms with Gasteiger partial charge in [-0.25, -0.2) is 4.98 Å². The van der Waals surface area contributed by atoms with E-state index in [2.05, 4.69) is 25.3 Å². The van der Waals surface area contributed by atoms with Crippen LogP contribution < -0.4 is 5.32 Å². The number of rotatable bonds is 6. The molecule has 1 saturated heterocycles. The zero-order valence-electron chi connectivity index (χ0n) is 16.1.